The molecule has 1 aliphatic heterocycles. The number of halogens is 1. The summed E-state index contributed by atoms with van der Waals surface area (Å²) in [6.45, 7) is 2.30. The largest absolute Gasteiger partial charge is 0.352 e. The van der Waals surface area contributed by atoms with Crippen molar-refractivity contribution < 1.29 is 14.0 Å². The van der Waals surface area contributed by atoms with Crippen molar-refractivity contribution in [1.29, 1.82) is 0 Å². The average molecular weight is 435 g/mol. The highest BCUT2D eigenvalue weighted by Crippen LogP contribution is 2.42. The van der Waals surface area contributed by atoms with Crippen molar-refractivity contribution in [1.82, 2.24) is 5.32 Å². The molecule has 31 heavy (non-hydrogen) atoms. The molecule has 2 unspecified atom stereocenters. The fourth-order valence-electron chi connectivity index (χ4n) is 3.60. The number of nitrogens with zero attached hydrogens (tertiary/aromatic N) is 1. The molecule has 3 aromatic carbocycles. The number of benzene rings is 3. The summed E-state index contributed by atoms with van der Waals surface area (Å²) in [4.78, 5) is 28.8. The lowest BCUT2D eigenvalue weighted by Crippen LogP contribution is -2.47. The van der Waals surface area contributed by atoms with E-state index in [2.05, 4.69) is 5.32 Å². The van der Waals surface area contributed by atoms with Gasteiger partial charge in [-0.3, -0.25) is 9.59 Å². The Morgan fingerprint density at radius 3 is 2.48 bits per heavy atom. The molecule has 0 fully saturated rings. The van der Waals surface area contributed by atoms with Gasteiger partial charge in [-0.05, 0) is 23.8 Å². The lowest BCUT2D eigenvalue weighted by atomic mass is 10.0. The molecule has 4 nitrogen and oxygen atoms in total. The summed E-state index contributed by atoms with van der Waals surface area (Å²) >= 11 is 1.40. The number of carbonyl (C=O) groups excluding carboxylic acids is 2. The van der Waals surface area contributed by atoms with E-state index >= 15 is 0 Å². The molecule has 1 heterocycles. The number of amides is 2. The topological polar surface area (TPSA) is 49.4 Å². The van der Waals surface area contributed by atoms with Gasteiger partial charge in [0.2, 0.25) is 11.8 Å². The fraction of sp³-hybridized carbons (Fsp3) is 0.200. The third-order valence-electron chi connectivity index (χ3n) is 5.38. The first-order chi connectivity index (χ1) is 15.0. The van der Waals surface area contributed by atoms with Gasteiger partial charge >= 0.3 is 0 Å². The number of nitrogens with one attached hydrogen (secondary N) is 1. The maximum absolute atomic E-state index is 14.3. The molecule has 0 bridgehead atoms. The Kier molecular flexibility index (Phi) is 6.37. The zero-order valence-electron chi connectivity index (χ0n) is 17.1. The van der Waals surface area contributed by atoms with Crippen molar-refractivity contribution in [2.75, 3.05) is 4.90 Å². The van der Waals surface area contributed by atoms with Gasteiger partial charge in [0.15, 0.2) is 0 Å². The Bertz CT molecular complexity index is 1090. The van der Waals surface area contributed by atoms with Crippen molar-refractivity contribution >= 4 is 29.3 Å². The quantitative estimate of drug-likeness (QED) is 0.607. The first kappa shape index (κ1) is 21.1. The third-order valence-corrected chi connectivity index (χ3v) is 6.85. The van der Waals surface area contributed by atoms with Crippen molar-refractivity contribution in [3.63, 3.8) is 0 Å². The number of para-hydroxylation sites is 1. The first-order valence-corrected chi connectivity index (χ1v) is 11.0. The average Bonchev–Trinajstić information content (AvgIpc) is 2.80. The highest BCUT2D eigenvalue weighted by Gasteiger charge is 2.39. The van der Waals surface area contributed by atoms with Gasteiger partial charge in [0, 0.05) is 17.0 Å². The summed E-state index contributed by atoms with van der Waals surface area (Å²) in [5, 5.41) is 2.35. The lowest BCUT2D eigenvalue weighted by Gasteiger charge is -2.35. The molecule has 1 N–H and O–H groups in total. The Labute approximate surface area is 185 Å². The van der Waals surface area contributed by atoms with Crippen LogP contribution in [0.5, 0.6) is 0 Å². The van der Waals surface area contributed by atoms with Gasteiger partial charge < -0.3 is 10.2 Å². The van der Waals surface area contributed by atoms with Crippen molar-refractivity contribution in [2.45, 2.75) is 30.2 Å². The molecule has 0 aliphatic carbocycles. The standard InChI is InChI=1S/C25H23FN2O2S/c1-17(24(29)27-15-18-9-3-2-4-10-18)23-25(30)28(16-19-11-5-6-12-20(19)26)21-13-7-8-14-22(21)31-23/h2-14,17,23H,15-16H2,1H3,(H,27,29). The van der Waals surface area contributed by atoms with Crippen LogP contribution in [-0.2, 0) is 22.7 Å². The van der Waals surface area contributed by atoms with Crippen LogP contribution in [0.25, 0.3) is 0 Å². The second-order valence-corrected chi connectivity index (χ2v) is 8.70. The monoisotopic (exact) mass is 434 g/mol. The van der Waals surface area contributed by atoms with Gasteiger partial charge in [-0.1, -0.05) is 67.6 Å². The third kappa shape index (κ3) is 4.64. The molecule has 6 heteroatoms. The SMILES string of the molecule is CC(C(=O)NCc1ccccc1)C1Sc2ccccc2N(Cc2ccccc2F)C1=O. The highest BCUT2D eigenvalue weighted by atomic mass is 32.2. The molecule has 1 aliphatic rings. The Morgan fingerprint density at radius 1 is 1.03 bits per heavy atom. The van der Waals surface area contributed by atoms with Gasteiger partial charge in [0.1, 0.15) is 11.1 Å². The van der Waals surface area contributed by atoms with E-state index in [0.29, 0.717) is 12.1 Å². The molecule has 4 rings (SSSR count). The van der Waals surface area contributed by atoms with E-state index in [0.717, 1.165) is 16.1 Å². The molecular weight excluding hydrogens is 411 g/mol. The van der Waals surface area contributed by atoms with Crippen molar-refractivity contribution in [2.24, 2.45) is 5.92 Å². The Balaban J connectivity index is 1.55. The van der Waals surface area contributed by atoms with E-state index in [9.17, 15) is 14.0 Å². The normalized spacial score (nSPS) is 16.5. The number of thioether (sulfide) groups is 1. The van der Waals surface area contributed by atoms with Gasteiger partial charge in [-0.25, -0.2) is 4.39 Å². The van der Waals surface area contributed by atoms with Gasteiger partial charge in [0.05, 0.1) is 18.2 Å². The molecule has 0 spiro atoms. The number of anilines is 1. The lowest BCUT2D eigenvalue weighted by molar-refractivity contribution is -0.128. The smallest absolute Gasteiger partial charge is 0.241 e. The fourth-order valence-corrected chi connectivity index (χ4v) is 4.88. The van der Waals surface area contributed by atoms with E-state index in [-0.39, 0.29) is 24.2 Å². The maximum Gasteiger partial charge on any atom is 0.241 e. The molecule has 0 saturated heterocycles. The summed E-state index contributed by atoms with van der Waals surface area (Å²) in [6, 6.07) is 23.7. The maximum atomic E-state index is 14.3. The number of hydrogen-bond acceptors (Lipinski definition) is 3. The van der Waals surface area contributed by atoms with Crippen LogP contribution in [0.1, 0.15) is 18.1 Å². The molecule has 0 aromatic heterocycles. The minimum Gasteiger partial charge on any atom is -0.352 e. The molecule has 158 valence electrons. The summed E-state index contributed by atoms with van der Waals surface area (Å²) in [5.74, 6) is -1.26. The minimum absolute atomic E-state index is 0.123. The summed E-state index contributed by atoms with van der Waals surface area (Å²) in [5.41, 5.74) is 2.18. The molecular formula is C25H23FN2O2S. The van der Waals surface area contributed by atoms with Crippen LogP contribution in [0.15, 0.2) is 83.8 Å². The highest BCUT2D eigenvalue weighted by molar-refractivity contribution is 8.01. The van der Waals surface area contributed by atoms with E-state index in [1.54, 1.807) is 30.0 Å². The van der Waals surface area contributed by atoms with Crippen LogP contribution < -0.4 is 10.2 Å². The summed E-state index contributed by atoms with van der Waals surface area (Å²) in [6.07, 6.45) is 0. The molecule has 2 atom stereocenters. The van der Waals surface area contributed by atoms with Gasteiger partial charge in [-0.15, -0.1) is 11.8 Å². The second-order valence-electron chi connectivity index (χ2n) is 7.51. The minimum atomic E-state index is -0.586. The van der Waals surface area contributed by atoms with Crippen LogP contribution in [0.2, 0.25) is 0 Å². The Morgan fingerprint density at radius 2 is 1.71 bits per heavy atom. The molecule has 0 saturated carbocycles. The zero-order valence-corrected chi connectivity index (χ0v) is 17.9. The van der Waals surface area contributed by atoms with E-state index in [1.807, 2.05) is 54.6 Å². The number of fused-ring (bicyclic) bond motifs is 1. The summed E-state index contributed by atoms with van der Waals surface area (Å²) in [7, 11) is 0. The van der Waals surface area contributed by atoms with E-state index in [1.165, 1.54) is 17.8 Å². The van der Waals surface area contributed by atoms with Gasteiger partial charge in [-0.2, -0.15) is 0 Å². The molecule has 3 aromatic rings. The number of hydrogen-bond donors (Lipinski definition) is 1. The zero-order chi connectivity index (χ0) is 21.8. The molecule has 2 amide bonds. The van der Waals surface area contributed by atoms with Crippen molar-refractivity contribution in [3.8, 4) is 0 Å². The predicted molar refractivity (Wildman–Crippen MR) is 121 cm³/mol. The second kappa shape index (κ2) is 9.35. The predicted octanol–water partition coefficient (Wildman–Crippen LogP) is 4.79. The van der Waals surface area contributed by atoms with E-state index in [4.69, 9.17) is 0 Å². The molecule has 0 radical (unpaired) electrons. The summed E-state index contributed by atoms with van der Waals surface area (Å²) < 4.78 is 14.3. The van der Waals surface area contributed by atoms with Crippen molar-refractivity contribution in [3.05, 3.63) is 95.8 Å². The number of carbonyl (C=O) groups is 2. The number of rotatable bonds is 6. The van der Waals surface area contributed by atoms with E-state index < -0.39 is 11.2 Å². The van der Waals surface area contributed by atoms with Crippen LogP contribution in [0.3, 0.4) is 0 Å². The van der Waals surface area contributed by atoms with Crippen LogP contribution >= 0.6 is 11.8 Å². The Hall–Kier alpha value is -3.12. The van der Waals surface area contributed by atoms with Crippen LogP contribution in [0.4, 0.5) is 10.1 Å². The van der Waals surface area contributed by atoms with Crippen LogP contribution in [-0.4, -0.2) is 17.1 Å². The van der Waals surface area contributed by atoms with Gasteiger partial charge in [0.25, 0.3) is 0 Å². The van der Waals surface area contributed by atoms with Crippen LogP contribution in [0, 0.1) is 11.7 Å². The first-order valence-electron chi connectivity index (χ1n) is 10.2.